The van der Waals surface area contributed by atoms with E-state index in [4.69, 9.17) is 9.47 Å². The molecule has 21 heavy (non-hydrogen) atoms. The van der Waals surface area contributed by atoms with Gasteiger partial charge in [-0.05, 0) is 24.7 Å². The standard InChI is InChI=1S/C15H18N2O4/c1-15(2)20-13(18)12(14(19)21-15)9-17-11-6-4-5-10(7-11)8-16-3/h4-7,9,16-17H,8H2,1-3H3. The lowest BCUT2D eigenvalue weighted by Gasteiger charge is -2.29. The molecule has 2 N–H and O–H groups in total. The number of esters is 2. The molecule has 0 amide bonds. The molecule has 0 aromatic heterocycles. The van der Waals surface area contributed by atoms with Crippen LogP contribution in [0.25, 0.3) is 0 Å². The minimum absolute atomic E-state index is 0.159. The topological polar surface area (TPSA) is 76.7 Å². The Morgan fingerprint density at radius 3 is 2.48 bits per heavy atom. The van der Waals surface area contributed by atoms with Crippen LogP contribution in [0, 0.1) is 0 Å². The fourth-order valence-electron chi connectivity index (χ4n) is 1.91. The van der Waals surface area contributed by atoms with Crippen LogP contribution in [0.3, 0.4) is 0 Å². The van der Waals surface area contributed by atoms with Crippen LogP contribution in [-0.4, -0.2) is 24.8 Å². The zero-order valence-electron chi connectivity index (χ0n) is 12.2. The summed E-state index contributed by atoms with van der Waals surface area (Å²) in [4.78, 5) is 23.5. The Hall–Kier alpha value is -2.34. The molecule has 1 heterocycles. The predicted molar refractivity (Wildman–Crippen MR) is 77.2 cm³/mol. The predicted octanol–water partition coefficient (Wildman–Crippen LogP) is 1.54. The van der Waals surface area contributed by atoms with E-state index < -0.39 is 17.7 Å². The van der Waals surface area contributed by atoms with Crippen molar-refractivity contribution in [3.8, 4) is 0 Å². The van der Waals surface area contributed by atoms with Crippen molar-refractivity contribution in [1.29, 1.82) is 0 Å². The zero-order valence-corrected chi connectivity index (χ0v) is 12.2. The molecule has 0 spiro atoms. The van der Waals surface area contributed by atoms with Gasteiger partial charge in [0, 0.05) is 32.3 Å². The zero-order chi connectivity index (χ0) is 15.5. The SMILES string of the molecule is CNCc1cccc(NC=C2C(=O)OC(C)(C)OC2=O)c1. The molecule has 1 saturated heterocycles. The molecular formula is C15H18N2O4. The second kappa shape index (κ2) is 5.97. The van der Waals surface area contributed by atoms with Crippen LogP contribution in [0.5, 0.6) is 0 Å². The first-order valence-corrected chi connectivity index (χ1v) is 6.58. The number of cyclic esters (lactones) is 2. The van der Waals surface area contributed by atoms with Gasteiger partial charge in [-0.25, -0.2) is 9.59 Å². The highest BCUT2D eigenvalue weighted by Gasteiger charge is 2.38. The molecule has 0 unspecified atom stereocenters. The summed E-state index contributed by atoms with van der Waals surface area (Å²) in [6, 6.07) is 7.60. The molecule has 1 aliphatic heterocycles. The first-order chi connectivity index (χ1) is 9.91. The molecule has 112 valence electrons. The number of hydrogen-bond acceptors (Lipinski definition) is 6. The lowest BCUT2D eigenvalue weighted by Crippen LogP contribution is -2.42. The number of ether oxygens (including phenoxy) is 2. The minimum Gasteiger partial charge on any atom is -0.419 e. The molecule has 0 radical (unpaired) electrons. The molecule has 0 atom stereocenters. The summed E-state index contributed by atoms with van der Waals surface area (Å²) in [6.07, 6.45) is 1.30. The van der Waals surface area contributed by atoms with Crippen molar-refractivity contribution in [2.75, 3.05) is 12.4 Å². The van der Waals surface area contributed by atoms with Crippen molar-refractivity contribution >= 4 is 17.6 Å². The first kappa shape index (κ1) is 15.1. The van der Waals surface area contributed by atoms with Crippen molar-refractivity contribution in [2.24, 2.45) is 0 Å². The van der Waals surface area contributed by atoms with E-state index in [1.165, 1.54) is 20.0 Å². The van der Waals surface area contributed by atoms with Crippen molar-refractivity contribution in [3.63, 3.8) is 0 Å². The third-order valence-corrected chi connectivity index (χ3v) is 2.81. The number of carbonyl (C=O) groups excluding carboxylic acids is 2. The second-order valence-corrected chi connectivity index (χ2v) is 5.11. The van der Waals surface area contributed by atoms with E-state index in [0.717, 1.165) is 17.8 Å². The minimum atomic E-state index is -1.22. The number of benzene rings is 1. The summed E-state index contributed by atoms with van der Waals surface area (Å²) < 4.78 is 10.0. The van der Waals surface area contributed by atoms with E-state index >= 15 is 0 Å². The Balaban J connectivity index is 2.12. The normalized spacial score (nSPS) is 17.0. The Morgan fingerprint density at radius 2 is 1.86 bits per heavy atom. The molecular weight excluding hydrogens is 272 g/mol. The maximum atomic E-state index is 11.8. The van der Waals surface area contributed by atoms with Crippen molar-refractivity contribution in [2.45, 2.75) is 26.2 Å². The molecule has 2 rings (SSSR count). The molecule has 1 aromatic carbocycles. The van der Waals surface area contributed by atoms with E-state index in [1.54, 1.807) is 0 Å². The van der Waals surface area contributed by atoms with E-state index in [1.807, 2.05) is 31.3 Å². The highest BCUT2D eigenvalue weighted by atomic mass is 16.7. The summed E-state index contributed by atoms with van der Waals surface area (Å²) in [5.41, 5.74) is 1.69. The number of carbonyl (C=O) groups is 2. The molecule has 6 nitrogen and oxygen atoms in total. The summed E-state index contributed by atoms with van der Waals surface area (Å²) >= 11 is 0. The van der Waals surface area contributed by atoms with Gasteiger partial charge in [-0.3, -0.25) is 0 Å². The van der Waals surface area contributed by atoms with Crippen molar-refractivity contribution < 1.29 is 19.1 Å². The van der Waals surface area contributed by atoms with Crippen LogP contribution < -0.4 is 10.6 Å². The first-order valence-electron chi connectivity index (χ1n) is 6.58. The maximum Gasteiger partial charge on any atom is 0.350 e. The summed E-state index contributed by atoms with van der Waals surface area (Å²) in [6.45, 7) is 3.74. The third kappa shape index (κ3) is 3.82. The van der Waals surface area contributed by atoms with Crippen LogP contribution >= 0.6 is 0 Å². The highest BCUT2D eigenvalue weighted by Crippen LogP contribution is 2.22. The fourth-order valence-corrected chi connectivity index (χ4v) is 1.91. The number of nitrogens with one attached hydrogen (secondary N) is 2. The Kier molecular flexibility index (Phi) is 4.28. The molecule has 0 bridgehead atoms. The number of anilines is 1. The monoisotopic (exact) mass is 290 g/mol. The molecule has 6 heteroatoms. The van der Waals surface area contributed by atoms with Crippen LogP contribution in [-0.2, 0) is 25.6 Å². The fraction of sp³-hybridized carbons (Fsp3) is 0.333. The van der Waals surface area contributed by atoms with Gasteiger partial charge in [-0.1, -0.05) is 12.1 Å². The van der Waals surface area contributed by atoms with Crippen molar-refractivity contribution in [1.82, 2.24) is 5.32 Å². The van der Waals surface area contributed by atoms with Gasteiger partial charge in [0.1, 0.15) is 0 Å². The molecule has 1 fully saturated rings. The van der Waals surface area contributed by atoms with Crippen LogP contribution in [0.4, 0.5) is 5.69 Å². The van der Waals surface area contributed by atoms with Crippen LogP contribution in [0.2, 0.25) is 0 Å². The Labute approximate surface area is 123 Å². The molecule has 1 aromatic rings. The molecule has 0 aliphatic carbocycles. The number of rotatable bonds is 4. The van der Waals surface area contributed by atoms with Gasteiger partial charge in [-0.2, -0.15) is 0 Å². The van der Waals surface area contributed by atoms with Gasteiger partial charge in [0.05, 0.1) is 0 Å². The Bertz CT molecular complexity index is 571. The summed E-state index contributed by atoms with van der Waals surface area (Å²) in [5.74, 6) is -2.62. The average molecular weight is 290 g/mol. The second-order valence-electron chi connectivity index (χ2n) is 5.11. The van der Waals surface area contributed by atoms with Gasteiger partial charge in [-0.15, -0.1) is 0 Å². The lowest BCUT2D eigenvalue weighted by molar-refractivity contribution is -0.222. The van der Waals surface area contributed by atoms with Crippen LogP contribution in [0.15, 0.2) is 36.0 Å². The van der Waals surface area contributed by atoms with E-state index in [2.05, 4.69) is 10.6 Å². The quantitative estimate of drug-likeness (QED) is 0.497. The van der Waals surface area contributed by atoms with Gasteiger partial charge < -0.3 is 20.1 Å². The number of hydrogen-bond donors (Lipinski definition) is 2. The van der Waals surface area contributed by atoms with Crippen molar-refractivity contribution in [3.05, 3.63) is 41.6 Å². The molecule has 1 aliphatic rings. The van der Waals surface area contributed by atoms with E-state index in [-0.39, 0.29) is 5.57 Å². The Morgan fingerprint density at radius 1 is 1.19 bits per heavy atom. The van der Waals surface area contributed by atoms with Gasteiger partial charge in [0.15, 0.2) is 5.57 Å². The maximum absolute atomic E-state index is 11.8. The smallest absolute Gasteiger partial charge is 0.350 e. The van der Waals surface area contributed by atoms with Gasteiger partial charge in [0.25, 0.3) is 5.79 Å². The van der Waals surface area contributed by atoms with Gasteiger partial charge >= 0.3 is 11.9 Å². The third-order valence-electron chi connectivity index (χ3n) is 2.81. The highest BCUT2D eigenvalue weighted by molar-refractivity contribution is 6.15. The largest absolute Gasteiger partial charge is 0.419 e. The lowest BCUT2D eigenvalue weighted by atomic mass is 10.2. The van der Waals surface area contributed by atoms with Gasteiger partial charge in [0.2, 0.25) is 0 Å². The summed E-state index contributed by atoms with van der Waals surface area (Å²) in [7, 11) is 1.86. The van der Waals surface area contributed by atoms with E-state index in [0.29, 0.717) is 0 Å². The summed E-state index contributed by atoms with van der Waals surface area (Å²) in [5, 5.41) is 5.96. The molecule has 0 saturated carbocycles. The average Bonchev–Trinajstić information content (AvgIpc) is 2.37. The van der Waals surface area contributed by atoms with Crippen LogP contribution in [0.1, 0.15) is 19.4 Å². The van der Waals surface area contributed by atoms with E-state index in [9.17, 15) is 9.59 Å².